The van der Waals surface area contributed by atoms with Gasteiger partial charge in [0.25, 0.3) is 5.78 Å². The van der Waals surface area contributed by atoms with Gasteiger partial charge in [0, 0.05) is 5.56 Å². The fourth-order valence-electron chi connectivity index (χ4n) is 1.99. The number of sulfone groups is 1. The largest absolute Gasteiger partial charge is 0.493 e. The zero-order valence-electron chi connectivity index (χ0n) is 12.2. The average molecular weight is 328 g/mol. The third kappa shape index (κ3) is 3.56. The maximum atomic E-state index is 11.8. The van der Waals surface area contributed by atoms with E-state index in [9.17, 15) is 18.0 Å². The molecule has 0 aliphatic carbocycles. The van der Waals surface area contributed by atoms with Crippen LogP contribution in [0, 0.1) is 0 Å². The number of benzene rings is 1. The SMILES string of the molecule is CCOC(=O)C(=O)c1ccc(OC2CS(=O)(=O)C2)c(OC)c1. The summed E-state index contributed by atoms with van der Waals surface area (Å²) in [6, 6.07) is 4.24. The molecule has 0 atom stereocenters. The first-order chi connectivity index (χ1) is 10.4. The Morgan fingerprint density at radius 2 is 1.91 bits per heavy atom. The van der Waals surface area contributed by atoms with Gasteiger partial charge in [0.2, 0.25) is 0 Å². The molecule has 0 radical (unpaired) electrons. The molecule has 1 aliphatic rings. The van der Waals surface area contributed by atoms with Crippen molar-refractivity contribution in [3.05, 3.63) is 23.8 Å². The monoisotopic (exact) mass is 328 g/mol. The number of hydrogen-bond acceptors (Lipinski definition) is 7. The number of rotatable bonds is 6. The van der Waals surface area contributed by atoms with Gasteiger partial charge in [-0.05, 0) is 25.1 Å². The van der Waals surface area contributed by atoms with Gasteiger partial charge in [-0.3, -0.25) is 4.79 Å². The molecule has 22 heavy (non-hydrogen) atoms. The molecule has 1 aliphatic heterocycles. The topological polar surface area (TPSA) is 96.0 Å². The molecule has 7 nitrogen and oxygen atoms in total. The zero-order chi connectivity index (χ0) is 16.3. The molecule has 0 aromatic heterocycles. The van der Waals surface area contributed by atoms with Crippen molar-refractivity contribution in [1.82, 2.24) is 0 Å². The summed E-state index contributed by atoms with van der Waals surface area (Å²) < 4.78 is 37.5. The van der Waals surface area contributed by atoms with Crippen molar-refractivity contribution in [2.24, 2.45) is 0 Å². The van der Waals surface area contributed by atoms with Crippen molar-refractivity contribution in [2.75, 3.05) is 25.2 Å². The van der Waals surface area contributed by atoms with Crippen LogP contribution < -0.4 is 9.47 Å². The number of ketones is 1. The molecule has 120 valence electrons. The van der Waals surface area contributed by atoms with Crippen molar-refractivity contribution in [3.63, 3.8) is 0 Å². The number of Topliss-reactive ketones (excluding diaryl/α,β-unsaturated/α-hetero) is 1. The van der Waals surface area contributed by atoms with Gasteiger partial charge >= 0.3 is 5.97 Å². The van der Waals surface area contributed by atoms with E-state index >= 15 is 0 Å². The van der Waals surface area contributed by atoms with E-state index in [1.165, 1.54) is 25.3 Å². The highest BCUT2D eigenvalue weighted by Gasteiger charge is 2.35. The van der Waals surface area contributed by atoms with E-state index in [0.717, 1.165) is 0 Å². The quantitative estimate of drug-likeness (QED) is 0.429. The minimum atomic E-state index is -2.99. The van der Waals surface area contributed by atoms with Gasteiger partial charge in [-0.15, -0.1) is 0 Å². The Bertz CT molecular complexity index is 681. The molecule has 0 amide bonds. The smallest absolute Gasteiger partial charge is 0.379 e. The summed E-state index contributed by atoms with van der Waals surface area (Å²) in [7, 11) is -1.60. The number of hydrogen-bond donors (Lipinski definition) is 0. The van der Waals surface area contributed by atoms with Gasteiger partial charge in [-0.25, -0.2) is 13.2 Å². The third-order valence-electron chi connectivity index (χ3n) is 3.06. The Morgan fingerprint density at radius 1 is 1.23 bits per heavy atom. The van der Waals surface area contributed by atoms with Gasteiger partial charge in [-0.1, -0.05) is 0 Å². The van der Waals surface area contributed by atoms with Gasteiger partial charge in [0.15, 0.2) is 21.3 Å². The predicted molar refractivity (Wildman–Crippen MR) is 77.0 cm³/mol. The van der Waals surface area contributed by atoms with Gasteiger partial charge in [0.1, 0.15) is 6.10 Å². The van der Waals surface area contributed by atoms with Crippen molar-refractivity contribution in [2.45, 2.75) is 13.0 Å². The lowest BCUT2D eigenvalue weighted by atomic mass is 10.1. The summed E-state index contributed by atoms with van der Waals surface area (Å²) in [4.78, 5) is 23.3. The van der Waals surface area contributed by atoms with Crippen molar-refractivity contribution in [1.29, 1.82) is 0 Å². The van der Waals surface area contributed by atoms with E-state index in [-0.39, 0.29) is 29.4 Å². The third-order valence-corrected chi connectivity index (χ3v) is 4.82. The van der Waals surface area contributed by atoms with Crippen LogP contribution in [0.15, 0.2) is 18.2 Å². The highest BCUT2D eigenvalue weighted by atomic mass is 32.2. The summed E-state index contributed by atoms with van der Waals surface area (Å²) in [5, 5.41) is 0. The summed E-state index contributed by atoms with van der Waals surface area (Å²) in [5.41, 5.74) is 0.115. The number of ether oxygens (including phenoxy) is 3. The second-order valence-corrected chi connectivity index (χ2v) is 6.89. The summed E-state index contributed by atoms with van der Waals surface area (Å²) in [6.07, 6.45) is -0.425. The number of carbonyl (C=O) groups is 2. The van der Waals surface area contributed by atoms with Crippen LogP contribution in [0.2, 0.25) is 0 Å². The second kappa shape index (κ2) is 6.35. The highest BCUT2D eigenvalue weighted by Crippen LogP contribution is 2.31. The molecule has 0 saturated carbocycles. The fourth-order valence-corrected chi connectivity index (χ4v) is 3.16. The maximum absolute atomic E-state index is 11.8. The minimum absolute atomic E-state index is 0.0420. The lowest BCUT2D eigenvalue weighted by Crippen LogP contribution is -2.45. The van der Waals surface area contributed by atoms with E-state index in [2.05, 4.69) is 4.74 Å². The Kier molecular flexibility index (Phi) is 4.70. The molecule has 1 saturated heterocycles. The standard InChI is InChI=1S/C14H16O7S/c1-3-20-14(16)13(15)9-4-5-11(12(6-9)19-2)21-10-7-22(17,18)8-10/h4-6,10H,3,7-8H2,1-2H3. The van der Waals surface area contributed by atoms with Crippen LogP contribution in [0.3, 0.4) is 0 Å². The average Bonchev–Trinajstić information content (AvgIpc) is 2.45. The van der Waals surface area contributed by atoms with Crippen LogP contribution in [0.1, 0.15) is 17.3 Å². The van der Waals surface area contributed by atoms with Crippen LogP contribution in [-0.4, -0.2) is 51.5 Å². The molecule has 0 bridgehead atoms. The fraction of sp³-hybridized carbons (Fsp3) is 0.429. The van der Waals surface area contributed by atoms with Crippen LogP contribution >= 0.6 is 0 Å². The Hall–Kier alpha value is -2.09. The number of methoxy groups -OCH3 is 1. The molecule has 2 rings (SSSR count). The van der Waals surface area contributed by atoms with E-state index in [0.29, 0.717) is 5.75 Å². The van der Waals surface area contributed by atoms with Crippen LogP contribution in [-0.2, 0) is 19.4 Å². The molecule has 8 heteroatoms. The first-order valence-corrected chi connectivity index (χ1v) is 8.45. The molecule has 0 spiro atoms. The first kappa shape index (κ1) is 16.3. The summed E-state index contributed by atoms with van der Waals surface area (Å²) in [5.74, 6) is -1.23. The van der Waals surface area contributed by atoms with E-state index in [4.69, 9.17) is 9.47 Å². The molecule has 0 unspecified atom stereocenters. The van der Waals surface area contributed by atoms with Crippen molar-refractivity contribution >= 4 is 21.6 Å². The van der Waals surface area contributed by atoms with Crippen LogP contribution in [0.25, 0.3) is 0 Å². The maximum Gasteiger partial charge on any atom is 0.379 e. The van der Waals surface area contributed by atoms with Gasteiger partial charge < -0.3 is 14.2 Å². The minimum Gasteiger partial charge on any atom is -0.493 e. The van der Waals surface area contributed by atoms with Crippen LogP contribution in [0.4, 0.5) is 0 Å². The lowest BCUT2D eigenvalue weighted by molar-refractivity contribution is -0.137. The molecular weight excluding hydrogens is 312 g/mol. The molecule has 1 fully saturated rings. The van der Waals surface area contributed by atoms with Gasteiger partial charge in [-0.2, -0.15) is 0 Å². The van der Waals surface area contributed by atoms with Crippen molar-refractivity contribution in [3.8, 4) is 11.5 Å². The number of esters is 1. The highest BCUT2D eigenvalue weighted by molar-refractivity contribution is 7.92. The zero-order valence-corrected chi connectivity index (χ0v) is 13.0. The molecular formula is C14H16O7S. The van der Waals surface area contributed by atoms with Crippen LogP contribution in [0.5, 0.6) is 11.5 Å². The number of carbonyl (C=O) groups excluding carboxylic acids is 2. The second-order valence-electron chi connectivity index (χ2n) is 4.73. The summed E-state index contributed by atoms with van der Waals surface area (Å²) in [6.45, 7) is 1.72. The van der Waals surface area contributed by atoms with Gasteiger partial charge in [0.05, 0.1) is 25.2 Å². The molecule has 1 aromatic rings. The Balaban J connectivity index is 2.14. The molecule has 1 aromatic carbocycles. The predicted octanol–water partition coefficient (Wildman–Crippen LogP) is 0.617. The van der Waals surface area contributed by atoms with E-state index in [1.807, 2.05) is 0 Å². The van der Waals surface area contributed by atoms with E-state index in [1.54, 1.807) is 6.92 Å². The summed E-state index contributed by atoms with van der Waals surface area (Å²) >= 11 is 0. The normalized spacial score (nSPS) is 16.5. The molecule has 1 heterocycles. The lowest BCUT2D eigenvalue weighted by Gasteiger charge is -2.27. The molecule has 0 N–H and O–H groups in total. The van der Waals surface area contributed by atoms with Crippen molar-refractivity contribution < 1.29 is 32.2 Å². The van der Waals surface area contributed by atoms with E-state index < -0.39 is 27.7 Å². The Morgan fingerprint density at radius 3 is 2.45 bits per heavy atom. The Labute approximate surface area is 128 Å². The first-order valence-electron chi connectivity index (χ1n) is 6.63.